The van der Waals surface area contributed by atoms with Crippen molar-refractivity contribution in [2.75, 3.05) is 6.54 Å². The van der Waals surface area contributed by atoms with Crippen LogP contribution >= 0.6 is 27.3 Å². The van der Waals surface area contributed by atoms with Crippen molar-refractivity contribution in [1.82, 2.24) is 5.32 Å². The molecule has 1 aromatic rings. The maximum atomic E-state index is 3.88. The number of fused-ring (bicyclic) bond motifs is 1. The Morgan fingerprint density at radius 3 is 2.95 bits per heavy atom. The lowest BCUT2D eigenvalue weighted by molar-refractivity contribution is 0.238. The standard InChI is InChI=1S/C16H24BrNS/c1-11-5-2-3-6-12(11)10-18-14-7-4-8-15-13(14)9-16(17)19-15/h9,11-12,14,18H,2-8,10H2,1H3. The summed E-state index contributed by atoms with van der Waals surface area (Å²) in [7, 11) is 0. The first-order valence-corrected chi connectivity index (χ1v) is 9.36. The predicted octanol–water partition coefficient (Wildman–Crippen LogP) is 5.30. The molecule has 1 nitrogen and oxygen atoms in total. The first-order valence-electron chi connectivity index (χ1n) is 7.75. The average Bonchev–Trinajstić information content (AvgIpc) is 2.78. The Balaban J connectivity index is 1.61. The molecule has 19 heavy (non-hydrogen) atoms. The summed E-state index contributed by atoms with van der Waals surface area (Å²) in [5.74, 6) is 1.82. The number of hydrogen-bond acceptors (Lipinski definition) is 2. The fourth-order valence-electron chi connectivity index (χ4n) is 3.72. The summed E-state index contributed by atoms with van der Waals surface area (Å²) in [6.45, 7) is 3.66. The quantitative estimate of drug-likeness (QED) is 0.785. The van der Waals surface area contributed by atoms with Crippen LogP contribution in [0.1, 0.15) is 61.9 Å². The number of halogens is 1. The molecule has 3 rings (SSSR count). The summed E-state index contributed by atoms with van der Waals surface area (Å²) >= 11 is 5.58. The van der Waals surface area contributed by atoms with Crippen LogP contribution in [-0.4, -0.2) is 6.54 Å². The second kappa shape index (κ2) is 6.28. The van der Waals surface area contributed by atoms with E-state index in [-0.39, 0.29) is 0 Å². The molecule has 106 valence electrons. The van der Waals surface area contributed by atoms with Gasteiger partial charge in [0.15, 0.2) is 0 Å². The Morgan fingerprint density at radius 1 is 1.26 bits per heavy atom. The van der Waals surface area contributed by atoms with E-state index >= 15 is 0 Å². The lowest BCUT2D eigenvalue weighted by Gasteiger charge is -2.32. The van der Waals surface area contributed by atoms with Crippen molar-refractivity contribution < 1.29 is 0 Å². The third-order valence-electron chi connectivity index (χ3n) is 5.00. The van der Waals surface area contributed by atoms with Crippen LogP contribution in [0.5, 0.6) is 0 Å². The van der Waals surface area contributed by atoms with Gasteiger partial charge in [-0.15, -0.1) is 11.3 Å². The third kappa shape index (κ3) is 3.25. The van der Waals surface area contributed by atoms with Crippen molar-refractivity contribution >= 4 is 27.3 Å². The molecular weight excluding hydrogens is 318 g/mol. The molecule has 1 fully saturated rings. The number of thiophene rings is 1. The lowest BCUT2D eigenvalue weighted by Crippen LogP contribution is -2.33. The fraction of sp³-hybridized carbons (Fsp3) is 0.750. The minimum Gasteiger partial charge on any atom is -0.310 e. The molecule has 1 saturated carbocycles. The molecule has 0 bridgehead atoms. The van der Waals surface area contributed by atoms with Gasteiger partial charge in [-0.1, -0.05) is 26.2 Å². The van der Waals surface area contributed by atoms with Gasteiger partial charge in [-0.05, 0) is 71.6 Å². The van der Waals surface area contributed by atoms with E-state index in [1.54, 1.807) is 10.4 Å². The average molecular weight is 342 g/mol. The Hall–Kier alpha value is 0.140. The molecule has 2 aliphatic rings. The molecule has 1 aromatic heterocycles. The molecule has 1 heterocycles. The fourth-order valence-corrected chi connectivity index (χ4v) is 5.54. The van der Waals surface area contributed by atoms with Crippen LogP contribution in [0.15, 0.2) is 9.85 Å². The molecule has 0 aromatic carbocycles. The largest absolute Gasteiger partial charge is 0.310 e. The van der Waals surface area contributed by atoms with Crippen molar-refractivity contribution in [3.8, 4) is 0 Å². The molecule has 3 atom stereocenters. The second-order valence-electron chi connectivity index (χ2n) is 6.30. The zero-order valence-electron chi connectivity index (χ0n) is 11.8. The van der Waals surface area contributed by atoms with Crippen LogP contribution in [0, 0.1) is 11.8 Å². The number of aryl methyl sites for hydroxylation is 1. The summed E-state index contributed by atoms with van der Waals surface area (Å²) in [5.41, 5.74) is 1.58. The van der Waals surface area contributed by atoms with Gasteiger partial charge in [0, 0.05) is 10.9 Å². The van der Waals surface area contributed by atoms with Crippen LogP contribution in [0.3, 0.4) is 0 Å². The lowest BCUT2D eigenvalue weighted by atomic mass is 9.80. The zero-order valence-corrected chi connectivity index (χ0v) is 14.2. The van der Waals surface area contributed by atoms with Crippen molar-refractivity contribution in [1.29, 1.82) is 0 Å². The highest BCUT2D eigenvalue weighted by Crippen LogP contribution is 2.38. The molecule has 2 aliphatic carbocycles. The van der Waals surface area contributed by atoms with E-state index in [0.29, 0.717) is 6.04 Å². The van der Waals surface area contributed by atoms with Crippen molar-refractivity contribution in [3.05, 3.63) is 20.3 Å². The van der Waals surface area contributed by atoms with Crippen LogP contribution in [0.25, 0.3) is 0 Å². The van der Waals surface area contributed by atoms with Gasteiger partial charge in [0.25, 0.3) is 0 Å². The highest BCUT2D eigenvalue weighted by molar-refractivity contribution is 9.11. The first-order chi connectivity index (χ1) is 9.24. The van der Waals surface area contributed by atoms with Crippen LogP contribution in [-0.2, 0) is 6.42 Å². The molecule has 0 spiro atoms. The Labute approximate surface area is 129 Å². The van der Waals surface area contributed by atoms with E-state index in [0.717, 1.165) is 11.8 Å². The summed E-state index contributed by atoms with van der Waals surface area (Å²) in [4.78, 5) is 1.60. The summed E-state index contributed by atoms with van der Waals surface area (Å²) in [6.07, 6.45) is 9.70. The molecule has 1 N–H and O–H groups in total. The van der Waals surface area contributed by atoms with Crippen LogP contribution < -0.4 is 5.32 Å². The van der Waals surface area contributed by atoms with Crippen LogP contribution in [0.2, 0.25) is 0 Å². The minimum absolute atomic E-state index is 0.612. The Kier molecular flexibility index (Phi) is 4.66. The van der Waals surface area contributed by atoms with E-state index in [2.05, 4.69) is 34.2 Å². The van der Waals surface area contributed by atoms with Crippen LogP contribution in [0.4, 0.5) is 0 Å². The summed E-state index contributed by atoms with van der Waals surface area (Å²) in [5, 5.41) is 3.88. The van der Waals surface area contributed by atoms with Gasteiger partial charge >= 0.3 is 0 Å². The van der Waals surface area contributed by atoms with Gasteiger partial charge in [-0.2, -0.15) is 0 Å². The van der Waals surface area contributed by atoms with Gasteiger partial charge in [-0.25, -0.2) is 0 Å². The maximum absolute atomic E-state index is 3.88. The van der Waals surface area contributed by atoms with Gasteiger partial charge in [-0.3, -0.25) is 0 Å². The third-order valence-corrected chi connectivity index (χ3v) is 6.71. The van der Waals surface area contributed by atoms with Crippen molar-refractivity contribution in [3.63, 3.8) is 0 Å². The number of rotatable bonds is 3. The van der Waals surface area contributed by atoms with E-state index in [9.17, 15) is 0 Å². The Bertz CT molecular complexity index is 428. The van der Waals surface area contributed by atoms with E-state index in [1.165, 1.54) is 55.3 Å². The normalized spacial score (nSPS) is 31.2. The van der Waals surface area contributed by atoms with Gasteiger partial charge in [0.05, 0.1) is 3.79 Å². The van der Waals surface area contributed by atoms with Gasteiger partial charge < -0.3 is 5.32 Å². The Morgan fingerprint density at radius 2 is 2.11 bits per heavy atom. The second-order valence-corrected chi connectivity index (χ2v) is 8.82. The van der Waals surface area contributed by atoms with E-state index < -0.39 is 0 Å². The predicted molar refractivity (Wildman–Crippen MR) is 86.8 cm³/mol. The number of hydrogen-bond donors (Lipinski definition) is 1. The summed E-state index contributed by atoms with van der Waals surface area (Å²) < 4.78 is 1.30. The molecule has 0 amide bonds. The highest BCUT2D eigenvalue weighted by Gasteiger charge is 2.25. The van der Waals surface area contributed by atoms with Gasteiger partial charge in [0.2, 0.25) is 0 Å². The topological polar surface area (TPSA) is 12.0 Å². The van der Waals surface area contributed by atoms with E-state index in [1.807, 2.05) is 11.3 Å². The van der Waals surface area contributed by atoms with Crippen molar-refractivity contribution in [2.45, 2.75) is 57.9 Å². The molecular formula is C16H24BrNS. The summed E-state index contributed by atoms with van der Waals surface area (Å²) in [6, 6.07) is 2.96. The molecule has 0 aliphatic heterocycles. The minimum atomic E-state index is 0.612. The maximum Gasteiger partial charge on any atom is 0.0704 e. The van der Waals surface area contributed by atoms with Gasteiger partial charge in [0.1, 0.15) is 0 Å². The molecule has 0 saturated heterocycles. The van der Waals surface area contributed by atoms with Crippen molar-refractivity contribution in [2.24, 2.45) is 11.8 Å². The smallest absolute Gasteiger partial charge is 0.0704 e. The SMILES string of the molecule is CC1CCCCC1CNC1CCCc2sc(Br)cc21. The molecule has 3 unspecified atom stereocenters. The highest BCUT2D eigenvalue weighted by atomic mass is 79.9. The molecule has 3 heteroatoms. The number of nitrogens with one attached hydrogen (secondary N) is 1. The molecule has 0 radical (unpaired) electrons. The van der Waals surface area contributed by atoms with E-state index in [4.69, 9.17) is 0 Å². The monoisotopic (exact) mass is 341 g/mol. The first kappa shape index (κ1) is 14.1. The zero-order chi connectivity index (χ0) is 13.2.